The Morgan fingerprint density at radius 1 is 1.10 bits per heavy atom. The molecule has 0 spiro atoms. The van der Waals surface area contributed by atoms with Crippen LogP contribution >= 0.6 is 11.8 Å². The summed E-state index contributed by atoms with van der Waals surface area (Å²) in [6.45, 7) is 0. The number of nitrogens with one attached hydrogen (secondary N) is 1. The molecule has 2 aromatic rings. The maximum absolute atomic E-state index is 12.4. The first-order chi connectivity index (χ1) is 9.95. The maximum atomic E-state index is 12.4. The minimum atomic E-state index is -4.03. The summed E-state index contributed by atoms with van der Waals surface area (Å²) in [5.74, 6) is 0. The smallest absolute Gasteiger partial charge is 0.278 e. The van der Waals surface area contributed by atoms with Crippen LogP contribution in [-0.4, -0.2) is 19.6 Å². The van der Waals surface area contributed by atoms with Gasteiger partial charge in [-0.05, 0) is 24.5 Å². The van der Waals surface area contributed by atoms with E-state index in [0.717, 1.165) is 11.0 Å². The van der Waals surface area contributed by atoms with E-state index in [0.29, 0.717) is 5.69 Å². The van der Waals surface area contributed by atoms with Gasteiger partial charge in [0.1, 0.15) is 0 Å². The molecule has 0 atom stereocenters. The van der Waals surface area contributed by atoms with Gasteiger partial charge in [-0.15, -0.1) is 11.8 Å². The van der Waals surface area contributed by atoms with Crippen molar-refractivity contribution < 1.29 is 13.3 Å². The van der Waals surface area contributed by atoms with Gasteiger partial charge in [-0.25, -0.2) is 8.42 Å². The number of rotatable bonds is 5. The van der Waals surface area contributed by atoms with Crippen LogP contribution in [0, 0.1) is 10.1 Å². The largest absolute Gasteiger partial charge is 0.289 e. The molecule has 0 aliphatic carbocycles. The molecular weight excluding hydrogens is 312 g/mol. The fraction of sp³-hybridized carbons (Fsp3) is 0.0769. The van der Waals surface area contributed by atoms with Gasteiger partial charge in [-0.1, -0.05) is 24.3 Å². The van der Waals surface area contributed by atoms with Crippen molar-refractivity contribution in [2.45, 2.75) is 9.79 Å². The monoisotopic (exact) mass is 324 g/mol. The van der Waals surface area contributed by atoms with E-state index in [1.165, 1.54) is 30.0 Å². The second kappa shape index (κ2) is 6.15. The van der Waals surface area contributed by atoms with Gasteiger partial charge in [0.2, 0.25) is 0 Å². The van der Waals surface area contributed by atoms with E-state index in [9.17, 15) is 18.5 Å². The summed E-state index contributed by atoms with van der Waals surface area (Å²) in [5, 5.41) is 11.0. The second-order valence-corrected chi connectivity index (χ2v) is 6.53. The summed E-state index contributed by atoms with van der Waals surface area (Å²) >= 11 is 1.38. The Morgan fingerprint density at radius 3 is 2.38 bits per heavy atom. The Kier molecular flexibility index (Phi) is 4.49. The Balaban J connectivity index is 2.46. The molecule has 0 aliphatic rings. The average Bonchev–Trinajstić information content (AvgIpc) is 2.47. The van der Waals surface area contributed by atoms with Gasteiger partial charge < -0.3 is 0 Å². The number of hydrogen-bond donors (Lipinski definition) is 1. The number of nitro groups is 1. The highest BCUT2D eigenvalue weighted by atomic mass is 32.2. The summed E-state index contributed by atoms with van der Waals surface area (Å²) in [5.41, 5.74) is -0.0604. The molecule has 0 amide bonds. The number of thioether (sulfide) groups is 1. The summed E-state index contributed by atoms with van der Waals surface area (Å²) < 4.78 is 27.1. The molecule has 0 saturated heterocycles. The molecule has 8 heteroatoms. The molecule has 0 aromatic heterocycles. The number of hydrogen-bond acceptors (Lipinski definition) is 5. The fourth-order valence-corrected chi connectivity index (χ4v) is 3.64. The Labute approximate surface area is 126 Å². The quantitative estimate of drug-likeness (QED) is 0.518. The van der Waals surface area contributed by atoms with Crippen molar-refractivity contribution in [1.82, 2.24) is 0 Å². The van der Waals surface area contributed by atoms with Gasteiger partial charge in [-0.2, -0.15) is 0 Å². The highest BCUT2D eigenvalue weighted by Crippen LogP contribution is 2.29. The predicted octanol–water partition coefficient (Wildman–Crippen LogP) is 3.12. The van der Waals surface area contributed by atoms with Crippen LogP contribution < -0.4 is 4.72 Å². The molecular formula is C13H12N2O4S2. The SMILES string of the molecule is CSc1ccccc1NS(=O)(=O)c1ccccc1[N+](=O)[O-]. The molecule has 0 aliphatic heterocycles. The molecule has 0 bridgehead atoms. The van der Waals surface area contributed by atoms with Gasteiger partial charge >= 0.3 is 0 Å². The third-order valence-corrected chi connectivity index (χ3v) is 4.91. The zero-order valence-corrected chi connectivity index (χ0v) is 12.6. The van der Waals surface area contributed by atoms with Crippen LogP contribution in [-0.2, 0) is 10.0 Å². The summed E-state index contributed by atoms with van der Waals surface area (Å²) in [4.78, 5) is 10.6. The van der Waals surface area contributed by atoms with E-state index in [4.69, 9.17) is 0 Å². The highest BCUT2D eigenvalue weighted by molar-refractivity contribution is 7.99. The molecule has 1 N–H and O–H groups in total. The second-order valence-electron chi connectivity index (χ2n) is 4.03. The molecule has 110 valence electrons. The Bertz CT molecular complexity index is 775. The normalized spacial score (nSPS) is 11.1. The van der Waals surface area contributed by atoms with E-state index in [-0.39, 0.29) is 4.90 Å². The molecule has 2 aromatic carbocycles. The van der Waals surface area contributed by atoms with Crippen molar-refractivity contribution in [2.75, 3.05) is 11.0 Å². The first-order valence-corrected chi connectivity index (χ1v) is 8.56. The van der Waals surface area contributed by atoms with Gasteiger partial charge in [0, 0.05) is 11.0 Å². The summed E-state index contributed by atoms with van der Waals surface area (Å²) in [6.07, 6.45) is 1.82. The number of anilines is 1. The van der Waals surface area contributed by atoms with Crippen molar-refractivity contribution in [3.8, 4) is 0 Å². The standard InChI is InChI=1S/C13H12N2O4S2/c1-20-12-8-4-2-6-10(12)14-21(18,19)13-9-5-3-7-11(13)15(16)17/h2-9,14H,1H3. The van der Waals surface area contributed by atoms with Crippen LogP contribution in [0.3, 0.4) is 0 Å². The number of para-hydroxylation sites is 2. The van der Waals surface area contributed by atoms with E-state index in [1.54, 1.807) is 24.3 Å². The molecule has 6 nitrogen and oxygen atoms in total. The zero-order chi connectivity index (χ0) is 15.5. The number of sulfonamides is 1. The van der Waals surface area contributed by atoms with Crippen LogP contribution in [0.25, 0.3) is 0 Å². The number of nitro benzene ring substituents is 1. The molecule has 0 radical (unpaired) electrons. The van der Waals surface area contributed by atoms with Crippen molar-refractivity contribution in [3.63, 3.8) is 0 Å². The van der Waals surface area contributed by atoms with Crippen LogP contribution in [0.15, 0.2) is 58.3 Å². The first kappa shape index (κ1) is 15.3. The van der Waals surface area contributed by atoms with Crippen LogP contribution in [0.4, 0.5) is 11.4 Å². The molecule has 0 saturated carbocycles. The van der Waals surface area contributed by atoms with Crippen LogP contribution in [0.1, 0.15) is 0 Å². The van der Waals surface area contributed by atoms with E-state index >= 15 is 0 Å². The van der Waals surface area contributed by atoms with Gasteiger partial charge in [-0.3, -0.25) is 14.8 Å². The molecule has 0 fully saturated rings. The minimum absolute atomic E-state index is 0.356. The van der Waals surface area contributed by atoms with Crippen molar-refractivity contribution in [2.24, 2.45) is 0 Å². The number of benzene rings is 2. The minimum Gasteiger partial charge on any atom is -0.278 e. The highest BCUT2D eigenvalue weighted by Gasteiger charge is 2.25. The van der Waals surface area contributed by atoms with Crippen molar-refractivity contribution >= 4 is 33.2 Å². The molecule has 0 heterocycles. The Hall–Kier alpha value is -2.06. The van der Waals surface area contributed by atoms with Crippen molar-refractivity contribution in [3.05, 3.63) is 58.6 Å². The Morgan fingerprint density at radius 2 is 1.71 bits per heavy atom. The van der Waals surface area contributed by atoms with Crippen LogP contribution in [0.2, 0.25) is 0 Å². The fourth-order valence-electron chi connectivity index (χ4n) is 1.76. The molecule has 0 unspecified atom stereocenters. The van der Waals surface area contributed by atoms with E-state index in [1.807, 2.05) is 6.26 Å². The summed E-state index contributed by atoms with van der Waals surface area (Å²) in [7, 11) is -4.03. The van der Waals surface area contributed by atoms with Gasteiger partial charge in [0.05, 0.1) is 10.6 Å². The lowest BCUT2D eigenvalue weighted by Crippen LogP contribution is -2.15. The third-order valence-electron chi connectivity index (χ3n) is 2.70. The lowest BCUT2D eigenvalue weighted by atomic mass is 10.3. The lowest BCUT2D eigenvalue weighted by molar-refractivity contribution is -0.387. The third kappa shape index (κ3) is 3.34. The van der Waals surface area contributed by atoms with Crippen molar-refractivity contribution in [1.29, 1.82) is 0 Å². The zero-order valence-electron chi connectivity index (χ0n) is 11.0. The lowest BCUT2D eigenvalue weighted by Gasteiger charge is -2.11. The predicted molar refractivity (Wildman–Crippen MR) is 82.1 cm³/mol. The first-order valence-electron chi connectivity index (χ1n) is 5.85. The van der Waals surface area contributed by atoms with E-state index in [2.05, 4.69) is 4.72 Å². The summed E-state index contributed by atoms with van der Waals surface area (Å²) in [6, 6.07) is 12.1. The van der Waals surface area contributed by atoms with E-state index < -0.39 is 20.6 Å². The maximum Gasteiger partial charge on any atom is 0.289 e. The topological polar surface area (TPSA) is 89.3 Å². The molecule has 2 rings (SSSR count). The number of nitrogens with zero attached hydrogens (tertiary/aromatic N) is 1. The van der Waals surface area contributed by atoms with Crippen LogP contribution in [0.5, 0.6) is 0 Å². The molecule has 21 heavy (non-hydrogen) atoms. The van der Waals surface area contributed by atoms with Gasteiger partial charge in [0.15, 0.2) is 4.90 Å². The van der Waals surface area contributed by atoms with Gasteiger partial charge in [0.25, 0.3) is 15.7 Å². The average molecular weight is 324 g/mol.